The van der Waals surface area contributed by atoms with Gasteiger partial charge in [-0.05, 0) is 98.4 Å². The van der Waals surface area contributed by atoms with E-state index in [1.165, 1.54) is 11.3 Å². The first-order valence-corrected chi connectivity index (χ1v) is 12.3. The summed E-state index contributed by atoms with van der Waals surface area (Å²) >= 11 is 9.42. The molecule has 172 valence electrons. The average molecular weight is 533 g/mol. The summed E-state index contributed by atoms with van der Waals surface area (Å²) in [7, 11) is 1.68. The molecule has 2 atom stereocenters. The van der Waals surface area contributed by atoms with Gasteiger partial charge in [-0.1, -0.05) is 22.0 Å². The van der Waals surface area contributed by atoms with Gasteiger partial charge in [-0.2, -0.15) is 0 Å². The van der Waals surface area contributed by atoms with Crippen LogP contribution in [0.4, 0.5) is 5.69 Å². The first-order chi connectivity index (χ1) is 16.5. The van der Waals surface area contributed by atoms with Crippen molar-refractivity contribution in [3.63, 3.8) is 0 Å². The van der Waals surface area contributed by atoms with Crippen LogP contribution in [-0.4, -0.2) is 21.8 Å². The van der Waals surface area contributed by atoms with Crippen molar-refractivity contribution in [1.82, 2.24) is 14.9 Å². The lowest BCUT2D eigenvalue weighted by atomic mass is 9.96. The van der Waals surface area contributed by atoms with Gasteiger partial charge in [-0.15, -0.1) is 0 Å². The summed E-state index contributed by atoms with van der Waals surface area (Å²) in [6.45, 7) is 4.31. The van der Waals surface area contributed by atoms with Crippen LogP contribution in [0.3, 0.4) is 0 Å². The highest BCUT2D eigenvalue weighted by Gasteiger charge is 2.42. The molecule has 0 saturated carbocycles. The fraction of sp³-hybridized carbons (Fsp3) is 0.185. The standard InChI is InChI=1S/C27H25BrN4OS/c1-17-16-23(18(2)31(17)20-11-13-22(33-3)14-12-20)26-25(24-6-4-5-15-29-24)30-27(34)32(26)21-9-7-19(28)8-10-21/h4-16,25-26H,1-3H3,(H,30,34)/t25-,26-/m0/s1. The highest BCUT2D eigenvalue weighted by atomic mass is 79.9. The normalized spacial score (nSPS) is 17.6. The summed E-state index contributed by atoms with van der Waals surface area (Å²) in [6.07, 6.45) is 1.83. The Hall–Kier alpha value is -3.16. The van der Waals surface area contributed by atoms with E-state index < -0.39 is 0 Å². The molecule has 0 aliphatic carbocycles. The summed E-state index contributed by atoms with van der Waals surface area (Å²) in [4.78, 5) is 6.88. The zero-order valence-electron chi connectivity index (χ0n) is 19.2. The monoisotopic (exact) mass is 532 g/mol. The molecule has 0 spiro atoms. The molecular formula is C27H25BrN4OS. The second-order valence-electron chi connectivity index (χ2n) is 8.33. The Morgan fingerprint density at radius 1 is 0.971 bits per heavy atom. The zero-order valence-corrected chi connectivity index (χ0v) is 21.6. The fourth-order valence-electron chi connectivity index (χ4n) is 4.77. The maximum atomic E-state index is 5.87. The number of hydrogen-bond acceptors (Lipinski definition) is 3. The quantitative estimate of drug-likeness (QED) is 0.299. The Morgan fingerprint density at radius 2 is 1.68 bits per heavy atom. The number of ether oxygens (including phenoxy) is 1. The minimum absolute atomic E-state index is 0.0539. The maximum absolute atomic E-state index is 5.87. The lowest BCUT2D eigenvalue weighted by Gasteiger charge is -2.28. The van der Waals surface area contributed by atoms with Gasteiger partial charge in [0.2, 0.25) is 0 Å². The highest BCUT2D eigenvalue weighted by Crippen LogP contribution is 2.43. The number of benzene rings is 2. The summed E-state index contributed by atoms with van der Waals surface area (Å²) in [5, 5.41) is 4.24. The first-order valence-electron chi connectivity index (χ1n) is 11.1. The van der Waals surface area contributed by atoms with E-state index in [0.29, 0.717) is 5.11 Å². The molecule has 1 aliphatic heterocycles. The molecule has 0 unspecified atom stereocenters. The lowest BCUT2D eigenvalue weighted by molar-refractivity contribution is 0.414. The molecule has 2 aromatic carbocycles. The molecule has 1 saturated heterocycles. The molecular weight excluding hydrogens is 508 g/mol. The number of aromatic nitrogens is 2. The predicted molar refractivity (Wildman–Crippen MR) is 144 cm³/mol. The number of anilines is 1. The molecule has 0 radical (unpaired) electrons. The van der Waals surface area contributed by atoms with Crippen molar-refractivity contribution in [2.45, 2.75) is 25.9 Å². The van der Waals surface area contributed by atoms with Gasteiger partial charge < -0.3 is 19.5 Å². The van der Waals surface area contributed by atoms with E-state index in [0.717, 1.165) is 33.0 Å². The van der Waals surface area contributed by atoms with Crippen molar-refractivity contribution >= 4 is 38.9 Å². The van der Waals surface area contributed by atoms with Crippen LogP contribution in [0.15, 0.2) is 83.5 Å². The topological polar surface area (TPSA) is 42.3 Å². The van der Waals surface area contributed by atoms with Crippen molar-refractivity contribution in [2.75, 3.05) is 12.0 Å². The van der Waals surface area contributed by atoms with Crippen LogP contribution in [0, 0.1) is 13.8 Å². The van der Waals surface area contributed by atoms with Crippen LogP contribution < -0.4 is 15.0 Å². The third-order valence-corrected chi connectivity index (χ3v) is 7.17. The van der Waals surface area contributed by atoms with Crippen LogP contribution in [0.25, 0.3) is 5.69 Å². The number of thiocarbonyl (C=S) groups is 1. The van der Waals surface area contributed by atoms with Gasteiger partial charge >= 0.3 is 0 Å². The van der Waals surface area contributed by atoms with Crippen molar-refractivity contribution in [3.05, 3.63) is 106 Å². The zero-order chi connectivity index (χ0) is 23.8. The van der Waals surface area contributed by atoms with E-state index in [4.69, 9.17) is 17.0 Å². The van der Waals surface area contributed by atoms with Crippen molar-refractivity contribution < 1.29 is 4.74 Å². The Morgan fingerprint density at radius 3 is 2.32 bits per heavy atom. The third-order valence-electron chi connectivity index (χ3n) is 6.32. The van der Waals surface area contributed by atoms with Gasteiger partial charge in [-0.25, -0.2) is 0 Å². The number of hydrogen-bond donors (Lipinski definition) is 1. The Kier molecular flexibility index (Phi) is 6.15. The smallest absolute Gasteiger partial charge is 0.174 e. The fourth-order valence-corrected chi connectivity index (χ4v) is 5.38. The Labute approximate surface area is 213 Å². The minimum Gasteiger partial charge on any atom is -0.497 e. The molecule has 0 bridgehead atoms. The molecule has 34 heavy (non-hydrogen) atoms. The molecule has 1 N–H and O–H groups in total. The summed E-state index contributed by atoms with van der Waals surface area (Å²) in [6, 6.07) is 24.6. The van der Waals surface area contributed by atoms with Gasteiger partial charge in [0.05, 0.1) is 24.9 Å². The second kappa shape index (κ2) is 9.24. The molecule has 5 rings (SSSR count). The van der Waals surface area contributed by atoms with Gasteiger partial charge in [0.25, 0.3) is 0 Å². The van der Waals surface area contributed by atoms with Gasteiger partial charge in [0.15, 0.2) is 5.11 Å². The van der Waals surface area contributed by atoms with Gasteiger partial charge in [0.1, 0.15) is 5.75 Å². The van der Waals surface area contributed by atoms with Gasteiger partial charge in [-0.3, -0.25) is 4.98 Å². The SMILES string of the molecule is COc1ccc(-n2c(C)cc([C@H]3[C@H](c4ccccn4)NC(=S)N3c3ccc(Br)cc3)c2C)cc1. The van der Waals surface area contributed by atoms with Gasteiger partial charge in [0, 0.05) is 33.4 Å². The van der Waals surface area contributed by atoms with Crippen molar-refractivity contribution in [3.8, 4) is 11.4 Å². The van der Waals surface area contributed by atoms with Crippen molar-refractivity contribution in [1.29, 1.82) is 0 Å². The summed E-state index contributed by atoms with van der Waals surface area (Å²) < 4.78 is 8.66. The molecule has 0 amide bonds. The summed E-state index contributed by atoms with van der Waals surface area (Å²) in [5.74, 6) is 0.841. The number of nitrogens with zero attached hydrogens (tertiary/aromatic N) is 3. The molecule has 4 aromatic rings. The van der Waals surface area contributed by atoms with Crippen LogP contribution in [-0.2, 0) is 0 Å². The van der Waals surface area contributed by atoms with E-state index in [2.05, 4.69) is 85.9 Å². The molecule has 1 aliphatic rings. The van der Waals surface area contributed by atoms with E-state index in [9.17, 15) is 0 Å². The second-order valence-corrected chi connectivity index (χ2v) is 9.64. The van der Waals surface area contributed by atoms with Crippen LogP contribution in [0.5, 0.6) is 5.75 Å². The number of pyridine rings is 1. The first kappa shape index (κ1) is 22.6. The molecule has 7 heteroatoms. The van der Waals surface area contributed by atoms with E-state index in [1.54, 1.807) is 7.11 Å². The van der Waals surface area contributed by atoms with Crippen molar-refractivity contribution in [2.24, 2.45) is 0 Å². The molecule has 5 nitrogen and oxygen atoms in total. The van der Waals surface area contributed by atoms with Crippen LogP contribution in [0.1, 0.15) is 34.7 Å². The number of halogens is 1. The largest absolute Gasteiger partial charge is 0.497 e. The number of nitrogens with one attached hydrogen (secondary N) is 1. The minimum atomic E-state index is -0.0813. The summed E-state index contributed by atoms with van der Waals surface area (Å²) in [5.41, 5.74) is 6.63. The van der Waals surface area contributed by atoms with Crippen LogP contribution in [0.2, 0.25) is 0 Å². The number of rotatable bonds is 5. The van der Waals surface area contributed by atoms with Crippen LogP contribution >= 0.6 is 28.1 Å². The average Bonchev–Trinajstić information content (AvgIpc) is 3.35. The number of aryl methyl sites for hydroxylation is 1. The third kappa shape index (κ3) is 3.99. The molecule has 3 heterocycles. The predicted octanol–water partition coefficient (Wildman–Crippen LogP) is 6.44. The highest BCUT2D eigenvalue weighted by molar-refractivity contribution is 9.10. The lowest BCUT2D eigenvalue weighted by Crippen LogP contribution is -2.29. The van der Waals surface area contributed by atoms with E-state index in [-0.39, 0.29) is 12.1 Å². The van der Waals surface area contributed by atoms with E-state index in [1.807, 2.05) is 42.6 Å². The molecule has 2 aromatic heterocycles. The maximum Gasteiger partial charge on any atom is 0.174 e. The Balaban J connectivity index is 1.65. The molecule has 1 fully saturated rings. The number of methoxy groups -OCH3 is 1. The Bertz CT molecular complexity index is 1320. The van der Waals surface area contributed by atoms with E-state index >= 15 is 0 Å².